The molecule has 1 aromatic carbocycles. The summed E-state index contributed by atoms with van der Waals surface area (Å²) in [4.78, 5) is 0. The largest absolute Gasteiger partial charge is 0.399 e. The van der Waals surface area contributed by atoms with Crippen LogP contribution in [-0.2, 0) is 0 Å². The van der Waals surface area contributed by atoms with Gasteiger partial charge in [0.1, 0.15) is 11.2 Å². The van der Waals surface area contributed by atoms with Crippen molar-refractivity contribution < 1.29 is 24.1 Å². The van der Waals surface area contributed by atoms with Crippen molar-refractivity contribution in [3.8, 4) is 0 Å². The van der Waals surface area contributed by atoms with Crippen LogP contribution in [0.1, 0.15) is 0 Å². The van der Waals surface area contributed by atoms with E-state index in [4.69, 9.17) is 21.1 Å². The summed E-state index contributed by atoms with van der Waals surface area (Å²) in [7, 11) is 0. The molecule has 0 radical (unpaired) electrons. The van der Waals surface area contributed by atoms with E-state index >= 15 is 0 Å². The van der Waals surface area contributed by atoms with E-state index in [9.17, 15) is 8.78 Å². The molecule has 6 N–H and O–H groups in total. The minimum absolute atomic E-state index is 0.0897. The SMILES string of the molecule is Nc1cc(F)c(NC(CO)(CO)CO)c(F)c1. The lowest BCUT2D eigenvalue weighted by molar-refractivity contribution is 0.0829. The van der Waals surface area contributed by atoms with Crippen LogP contribution in [0.25, 0.3) is 0 Å². The number of benzene rings is 1. The Morgan fingerprint density at radius 2 is 1.47 bits per heavy atom. The van der Waals surface area contributed by atoms with E-state index in [2.05, 4.69) is 5.32 Å². The molecule has 0 unspecified atom stereocenters. The number of halogens is 2. The molecule has 1 aromatic rings. The zero-order chi connectivity index (χ0) is 13.1. The van der Waals surface area contributed by atoms with Gasteiger partial charge in [-0.3, -0.25) is 0 Å². The molecule has 0 aliphatic heterocycles. The summed E-state index contributed by atoms with van der Waals surface area (Å²) in [5.74, 6) is -1.94. The molecular formula is C10H14F2N2O3. The summed E-state index contributed by atoms with van der Waals surface area (Å²) in [6.45, 7) is -2.07. The Morgan fingerprint density at radius 1 is 1.06 bits per heavy atom. The van der Waals surface area contributed by atoms with Gasteiger partial charge in [0.2, 0.25) is 0 Å². The third-order valence-electron chi connectivity index (χ3n) is 2.36. The maximum atomic E-state index is 13.4. The predicted octanol–water partition coefficient (Wildman–Crippen LogP) is -0.325. The zero-order valence-corrected chi connectivity index (χ0v) is 8.95. The van der Waals surface area contributed by atoms with Crippen molar-refractivity contribution >= 4 is 11.4 Å². The molecule has 7 heteroatoms. The second-order valence-electron chi connectivity index (χ2n) is 3.74. The van der Waals surface area contributed by atoms with Gasteiger partial charge in [-0.05, 0) is 12.1 Å². The molecule has 0 spiro atoms. The first-order valence-corrected chi connectivity index (χ1v) is 4.83. The molecule has 1 rings (SSSR count). The average molecular weight is 248 g/mol. The first-order chi connectivity index (χ1) is 7.98. The third-order valence-corrected chi connectivity index (χ3v) is 2.36. The lowest BCUT2D eigenvalue weighted by Gasteiger charge is -2.30. The Hall–Kier alpha value is -1.44. The van der Waals surface area contributed by atoms with Crippen LogP contribution in [0.15, 0.2) is 12.1 Å². The van der Waals surface area contributed by atoms with E-state index in [0.717, 1.165) is 12.1 Å². The molecule has 5 nitrogen and oxygen atoms in total. The van der Waals surface area contributed by atoms with Crippen LogP contribution < -0.4 is 11.1 Å². The number of aliphatic hydroxyl groups excluding tert-OH is 3. The van der Waals surface area contributed by atoms with Crippen molar-refractivity contribution in [1.82, 2.24) is 0 Å². The standard InChI is InChI=1S/C10H14F2N2O3/c11-7-1-6(13)2-8(12)9(7)14-10(3-15,4-16)5-17/h1-2,14-17H,3-5,13H2. The van der Waals surface area contributed by atoms with Crippen molar-refractivity contribution in [2.45, 2.75) is 5.54 Å². The van der Waals surface area contributed by atoms with E-state index in [1.807, 2.05) is 0 Å². The second kappa shape index (κ2) is 5.26. The van der Waals surface area contributed by atoms with Gasteiger partial charge < -0.3 is 26.4 Å². The number of nitrogens with one attached hydrogen (secondary N) is 1. The molecule has 0 aliphatic carbocycles. The molecule has 0 saturated carbocycles. The van der Waals surface area contributed by atoms with Crippen molar-refractivity contribution in [2.24, 2.45) is 0 Å². The number of aliphatic hydroxyl groups is 3. The Balaban J connectivity index is 3.09. The highest BCUT2D eigenvalue weighted by molar-refractivity contribution is 5.55. The number of hydrogen-bond donors (Lipinski definition) is 5. The van der Waals surface area contributed by atoms with E-state index < -0.39 is 42.7 Å². The molecule has 0 fully saturated rings. The number of nitrogen functional groups attached to an aromatic ring is 1. The van der Waals surface area contributed by atoms with Crippen LogP contribution in [0.5, 0.6) is 0 Å². The van der Waals surface area contributed by atoms with Crippen molar-refractivity contribution in [3.05, 3.63) is 23.8 Å². The van der Waals surface area contributed by atoms with Crippen LogP contribution in [0, 0.1) is 11.6 Å². The third kappa shape index (κ3) is 2.82. The van der Waals surface area contributed by atoms with Gasteiger partial charge in [-0.2, -0.15) is 0 Å². The molecule has 0 bridgehead atoms. The van der Waals surface area contributed by atoms with Crippen LogP contribution in [-0.4, -0.2) is 40.7 Å². The summed E-state index contributed by atoms with van der Waals surface area (Å²) in [6, 6.07) is 1.78. The molecule has 0 saturated heterocycles. The fraction of sp³-hybridized carbons (Fsp3) is 0.400. The van der Waals surface area contributed by atoms with E-state index in [1.54, 1.807) is 0 Å². The minimum Gasteiger partial charge on any atom is -0.399 e. The number of anilines is 2. The molecule has 0 aromatic heterocycles. The van der Waals surface area contributed by atoms with Crippen LogP contribution >= 0.6 is 0 Å². The molecule has 17 heavy (non-hydrogen) atoms. The lowest BCUT2D eigenvalue weighted by Crippen LogP contribution is -2.49. The number of rotatable bonds is 5. The topological polar surface area (TPSA) is 98.7 Å². The van der Waals surface area contributed by atoms with Gasteiger partial charge in [0, 0.05) is 5.69 Å². The normalized spacial score (nSPS) is 11.6. The Labute approximate surface area is 96.5 Å². The van der Waals surface area contributed by atoms with E-state index in [0.29, 0.717) is 0 Å². The summed E-state index contributed by atoms with van der Waals surface area (Å²) in [5, 5.41) is 29.3. The summed E-state index contributed by atoms with van der Waals surface area (Å²) < 4.78 is 26.8. The maximum Gasteiger partial charge on any atom is 0.151 e. The predicted molar refractivity (Wildman–Crippen MR) is 58.4 cm³/mol. The number of nitrogens with two attached hydrogens (primary N) is 1. The highest BCUT2D eigenvalue weighted by Crippen LogP contribution is 2.25. The van der Waals surface area contributed by atoms with Crippen LogP contribution in [0.2, 0.25) is 0 Å². The first kappa shape index (κ1) is 13.6. The smallest absolute Gasteiger partial charge is 0.151 e. The van der Waals surface area contributed by atoms with Crippen LogP contribution in [0.3, 0.4) is 0 Å². The summed E-state index contributed by atoms with van der Waals surface area (Å²) in [6.07, 6.45) is 0. The lowest BCUT2D eigenvalue weighted by atomic mass is 10.0. The van der Waals surface area contributed by atoms with Crippen molar-refractivity contribution in [1.29, 1.82) is 0 Å². The Morgan fingerprint density at radius 3 is 1.82 bits per heavy atom. The fourth-order valence-electron chi connectivity index (χ4n) is 1.25. The Bertz CT molecular complexity index is 366. The van der Waals surface area contributed by atoms with E-state index in [1.165, 1.54) is 0 Å². The highest BCUT2D eigenvalue weighted by Gasteiger charge is 2.30. The van der Waals surface area contributed by atoms with Gasteiger partial charge in [0.25, 0.3) is 0 Å². The average Bonchev–Trinajstić information content (AvgIpc) is 2.29. The fourth-order valence-corrected chi connectivity index (χ4v) is 1.25. The second-order valence-corrected chi connectivity index (χ2v) is 3.74. The Kier molecular flexibility index (Phi) is 4.22. The minimum atomic E-state index is -1.60. The molecule has 0 heterocycles. The summed E-state index contributed by atoms with van der Waals surface area (Å²) >= 11 is 0. The van der Waals surface area contributed by atoms with Crippen LogP contribution in [0.4, 0.5) is 20.2 Å². The van der Waals surface area contributed by atoms with Gasteiger partial charge in [0.05, 0.1) is 19.8 Å². The van der Waals surface area contributed by atoms with Crippen molar-refractivity contribution in [2.75, 3.05) is 30.9 Å². The maximum absolute atomic E-state index is 13.4. The molecule has 96 valence electrons. The molecule has 0 aliphatic rings. The van der Waals surface area contributed by atoms with Gasteiger partial charge in [0.15, 0.2) is 11.6 Å². The van der Waals surface area contributed by atoms with Gasteiger partial charge in [-0.15, -0.1) is 0 Å². The van der Waals surface area contributed by atoms with Crippen molar-refractivity contribution in [3.63, 3.8) is 0 Å². The van der Waals surface area contributed by atoms with Gasteiger partial charge >= 0.3 is 0 Å². The molecule has 0 amide bonds. The highest BCUT2D eigenvalue weighted by atomic mass is 19.1. The summed E-state index contributed by atoms with van der Waals surface area (Å²) in [5.41, 5.74) is 2.99. The van der Waals surface area contributed by atoms with Gasteiger partial charge in [-0.25, -0.2) is 8.78 Å². The first-order valence-electron chi connectivity index (χ1n) is 4.83. The number of hydrogen-bond acceptors (Lipinski definition) is 5. The monoisotopic (exact) mass is 248 g/mol. The van der Waals surface area contributed by atoms with E-state index in [-0.39, 0.29) is 5.69 Å². The van der Waals surface area contributed by atoms with Gasteiger partial charge in [-0.1, -0.05) is 0 Å². The molecular weight excluding hydrogens is 234 g/mol. The zero-order valence-electron chi connectivity index (χ0n) is 8.95. The quantitative estimate of drug-likeness (QED) is 0.460. The molecule has 0 atom stereocenters.